The fraction of sp³-hybridized carbons (Fsp3) is 0.455. The van der Waals surface area contributed by atoms with E-state index in [9.17, 15) is 5.11 Å². The lowest BCUT2D eigenvalue weighted by atomic mass is 10.1. The Morgan fingerprint density at radius 2 is 2.00 bits per heavy atom. The van der Waals surface area contributed by atoms with Crippen LogP contribution in [-0.4, -0.2) is 11.2 Å². The number of nitrogens with two attached hydrogens (primary N) is 1. The molecule has 1 atom stereocenters. The largest absolute Gasteiger partial charge is 0.398 e. The van der Waals surface area contributed by atoms with Gasteiger partial charge in [0.15, 0.2) is 0 Å². The molecule has 1 aromatic rings. The first kappa shape index (κ1) is 10.1. The molecule has 0 spiro atoms. The SMILES string of the molecule is CC.Nc1cccc2c1CC(O)C2. The van der Waals surface area contributed by atoms with E-state index in [1.807, 2.05) is 32.0 Å². The van der Waals surface area contributed by atoms with Gasteiger partial charge in [0.05, 0.1) is 6.10 Å². The van der Waals surface area contributed by atoms with E-state index in [4.69, 9.17) is 5.73 Å². The van der Waals surface area contributed by atoms with E-state index in [0.29, 0.717) is 0 Å². The van der Waals surface area contributed by atoms with Gasteiger partial charge in [0.1, 0.15) is 0 Å². The number of aliphatic hydroxyl groups excluding tert-OH is 1. The highest BCUT2D eigenvalue weighted by Gasteiger charge is 2.20. The minimum Gasteiger partial charge on any atom is -0.398 e. The molecular weight excluding hydrogens is 162 g/mol. The predicted octanol–water partition coefficient (Wildman–Crippen LogP) is 1.75. The van der Waals surface area contributed by atoms with Crippen molar-refractivity contribution in [1.29, 1.82) is 0 Å². The molecule has 0 aliphatic heterocycles. The van der Waals surface area contributed by atoms with E-state index in [-0.39, 0.29) is 6.10 Å². The molecule has 0 aromatic heterocycles. The van der Waals surface area contributed by atoms with Crippen LogP contribution in [0.2, 0.25) is 0 Å². The summed E-state index contributed by atoms with van der Waals surface area (Å²) in [6, 6.07) is 5.85. The third kappa shape index (κ3) is 2.01. The highest BCUT2D eigenvalue weighted by Crippen LogP contribution is 2.26. The van der Waals surface area contributed by atoms with Gasteiger partial charge >= 0.3 is 0 Å². The minimum atomic E-state index is -0.213. The molecule has 13 heavy (non-hydrogen) atoms. The maximum Gasteiger partial charge on any atom is 0.0621 e. The molecule has 1 aliphatic carbocycles. The quantitative estimate of drug-likeness (QED) is 0.596. The summed E-state index contributed by atoms with van der Waals surface area (Å²) in [6.45, 7) is 4.00. The summed E-state index contributed by atoms with van der Waals surface area (Å²) in [5, 5.41) is 9.32. The van der Waals surface area contributed by atoms with Crippen molar-refractivity contribution in [3.05, 3.63) is 29.3 Å². The Morgan fingerprint density at radius 3 is 2.62 bits per heavy atom. The van der Waals surface area contributed by atoms with Crippen LogP contribution >= 0.6 is 0 Å². The molecule has 0 fully saturated rings. The normalized spacial score (nSPS) is 18.8. The maximum atomic E-state index is 9.32. The number of hydrogen-bond donors (Lipinski definition) is 2. The number of anilines is 1. The average Bonchev–Trinajstić information content (AvgIpc) is 2.51. The Labute approximate surface area is 79.4 Å². The zero-order valence-corrected chi connectivity index (χ0v) is 8.25. The molecule has 1 unspecified atom stereocenters. The van der Waals surface area contributed by atoms with Crippen LogP contribution in [0.5, 0.6) is 0 Å². The number of fused-ring (bicyclic) bond motifs is 1. The maximum absolute atomic E-state index is 9.32. The number of nitrogen functional groups attached to an aromatic ring is 1. The second-order valence-corrected chi connectivity index (χ2v) is 3.05. The number of benzene rings is 1. The number of aliphatic hydroxyl groups is 1. The van der Waals surface area contributed by atoms with Crippen molar-refractivity contribution in [3.63, 3.8) is 0 Å². The first-order valence-electron chi connectivity index (χ1n) is 4.81. The molecule has 0 amide bonds. The summed E-state index contributed by atoms with van der Waals surface area (Å²) >= 11 is 0. The van der Waals surface area contributed by atoms with Gasteiger partial charge in [-0.2, -0.15) is 0 Å². The summed E-state index contributed by atoms with van der Waals surface area (Å²) in [5.74, 6) is 0. The average molecular weight is 179 g/mol. The monoisotopic (exact) mass is 179 g/mol. The number of rotatable bonds is 0. The van der Waals surface area contributed by atoms with E-state index in [1.165, 1.54) is 5.56 Å². The predicted molar refractivity (Wildman–Crippen MR) is 55.6 cm³/mol. The van der Waals surface area contributed by atoms with Gasteiger partial charge in [-0.25, -0.2) is 0 Å². The van der Waals surface area contributed by atoms with Crippen LogP contribution in [0.4, 0.5) is 5.69 Å². The molecule has 72 valence electrons. The van der Waals surface area contributed by atoms with Gasteiger partial charge in [-0.05, 0) is 23.6 Å². The van der Waals surface area contributed by atoms with Gasteiger partial charge in [-0.1, -0.05) is 26.0 Å². The smallest absolute Gasteiger partial charge is 0.0621 e. The van der Waals surface area contributed by atoms with Crippen LogP contribution in [0.15, 0.2) is 18.2 Å². The van der Waals surface area contributed by atoms with E-state index in [0.717, 1.165) is 24.1 Å². The lowest BCUT2D eigenvalue weighted by Gasteiger charge is -2.00. The van der Waals surface area contributed by atoms with Crippen LogP contribution in [0.25, 0.3) is 0 Å². The second kappa shape index (κ2) is 4.28. The molecule has 2 heteroatoms. The summed E-state index contributed by atoms with van der Waals surface area (Å²) in [5.41, 5.74) is 8.89. The van der Waals surface area contributed by atoms with Crippen LogP contribution < -0.4 is 5.73 Å². The first-order valence-corrected chi connectivity index (χ1v) is 4.81. The molecule has 0 saturated heterocycles. The Bertz CT molecular complexity index is 283. The topological polar surface area (TPSA) is 46.2 Å². The van der Waals surface area contributed by atoms with Crippen molar-refractivity contribution in [2.24, 2.45) is 0 Å². The minimum absolute atomic E-state index is 0.213. The molecule has 0 radical (unpaired) electrons. The van der Waals surface area contributed by atoms with Crippen molar-refractivity contribution in [2.75, 3.05) is 5.73 Å². The van der Waals surface area contributed by atoms with Gasteiger partial charge in [-0.3, -0.25) is 0 Å². The molecular formula is C11H17NO. The van der Waals surface area contributed by atoms with Crippen molar-refractivity contribution >= 4 is 5.69 Å². The van der Waals surface area contributed by atoms with Gasteiger partial charge in [-0.15, -0.1) is 0 Å². The Hall–Kier alpha value is -1.02. The van der Waals surface area contributed by atoms with Crippen molar-refractivity contribution in [3.8, 4) is 0 Å². The van der Waals surface area contributed by atoms with Crippen LogP contribution in [-0.2, 0) is 12.8 Å². The fourth-order valence-corrected chi connectivity index (χ4v) is 1.66. The van der Waals surface area contributed by atoms with Gasteiger partial charge < -0.3 is 10.8 Å². The van der Waals surface area contributed by atoms with Crippen LogP contribution in [0.3, 0.4) is 0 Å². The summed E-state index contributed by atoms with van der Waals surface area (Å²) < 4.78 is 0. The molecule has 2 nitrogen and oxygen atoms in total. The molecule has 2 rings (SSSR count). The Balaban J connectivity index is 0.000000396. The molecule has 1 aromatic carbocycles. The third-order valence-corrected chi connectivity index (χ3v) is 2.20. The highest BCUT2D eigenvalue weighted by molar-refractivity contribution is 5.53. The highest BCUT2D eigenvalue weighted by atomic mass is 16.3. The van der Waals surface area contributed by atoms with Crippen molar-refractivity contribution < 1.29 is 5.11 Å². The standard InChI is InChI=1S/C9H11NO.C2H6/c10-9-3-1-2-6-4-7(11)5-8(6)9;1-2/h1-3,7,11H,4-5,10H2;1-2H3. The molecule has 0 heterocycles. The van der Waals surface area contributed by atoms with Gasteiger partial charge in [0.25, 0.3) is 0 Å². The van der Waals surface area contributed by atoms with Gasteiger partial charge in [0, 0.05) is 12.1 Å². The van der Waals surface area contributed by atoms with E-state index in [2.05, 4.69) is 0 Å². The zero-order valence-electron chi connectivity index (χ0n) is 8.25. The summed E-state index contributed by atoms with van der Waals surface area (Å²) in [7, 11) is 0. The number of hydrogen-bond acceptors (Lipinski definition) is 2. The van der Waals surface area contributed by atoms with E-state index < -0.39 is 0 Å². The molecule has 0 saturated carbocycles. The summed E-state index contributed by atoms with van der Waals surface area (Å²) in [6.07, 6.45) is 1.28. The molecule has 3 N–H and O–H groups in total. The van der Waals surface area contributed by atoms with Gasteiger partial charge in [0.2, 0.25) is 0 Å². The fourth-order valence-electron chi connectivity index (χ4n) is 1.66. The molecule has 0 bridgehead atoms. The zero-order chi connectivity index (χ0) is 9.84. The first-order chi connectivity index (χ1) is 6.27. The van der Waals surface area contributed by atoms with Crippen LogP contribution in [0, 0.1) is 0 Å². The Kier molecular flexibility index (Phi) is 3.32. The Morgan fingerprint density at radius 1 is 1.31 bits per heavy atom. The van der Waals surface area contributed by atoms with Crippen LogP contribution in [0.1, 0.15) is 25.0 Å². The van der Waals surface area contributed by atoms with E-state index in [1.54, 1.807) is 0 Å². The molecule has 1 aliphatic rings. The van der Waals surface area contributed by atoms with E-state index >= 15 is 0 Å². The second-order valence-electron chi connectivity index (χ2n) is 3.05. The summed E-state index contributed by atoms with van der Waals surface area (Å²) in [4.78, 5) is 0. The lowest BCUT2D eigenvalue weighted by Crippen LogP contribution is -2.04. The third-order valence-electron chi connectivity index (χ3n) is 2.20. The van der Waals surface area contributed by atoms with Crippen molar-refractivity contribution in [1.82, 2.24) is 0 Å². The van der Waals surface area contributed by atoms with Crippen molar-refractivity contribution in [2.45, 2.75) is 32.8 Å². The lowest BCUT2D eigenvalue weighted by molar-refractivity contribution is 0.187.